The molecular weight excluding hydrogens is 343 g/mol. The molecule has 0 bridgehead atoms. The van der Waals surface area contributed by atoms with Crippen LogP contribution in [-0.4, -0.2) is 67.6 Å². The lowest BCUT2D eigenvalue weighted by atomic mass is 10.1. The van der Waals surface area contributed by atoms with E-state index in [1.165, 1.54) is 6.33 Å². The molecule has 4 rings (SSSR count). The van der Waals surface area contributed by atoms with E-state index in [0.29, 0.717) is 17.3 Å². The fraction of sp³-hybridized carbons (Fsp3) is 0.500. The summed E-state index contributed by atoms with van der Waals surface area (Å²) in [6, 6.07) is 0. The second kappa shape index (κ2) is 6.43. The number of hydrogen-bond acceptors (Lipinski definition) is 6. The van der Waals surface area contributed by atoms with Crippen LogP contribution in [0.5, 0.6) is 5.88 Å². The highest BCUT2D eigenvalue weighted by Crippen LogP contribution is 2.29. The van der Waals surface area contributed by atoms with Crippen LogP contribution in [0.3, 0.4) is 0 Å². The SMILES string of the molecule is Cc1c(O[C@@H]2CCN(C(=O)O)C[C@@H]2F)ncnc1N1CCc2nccn21. The quantitative estimate of drug-likeness (QED) is 0.878. The summed E-state index contributed by atoms with van der Waals surface area (Å²) in [4.78, 5) is 24.8. The van der Waals surface area contributed by atoms with Crippen molar-refractivity contribution < 1.29 is 19.0 Å². The van der Waals surface area contributed by atoms with E-state index in [9.17, 15) is 9.18 Å². The molecule has 2 aromatic heterocycles. The Kier molecular flexibility index (Phi) is 4.09. The van der Waals surface area contributed by atoms with Gasteiger partial charge in [-0.3, -0.25) is 5.01 Å². The molecule has 2 aromatic rings. The molecule has 0 aliphatic carbocycles. The minimum Gasteiger partial charge on any atom is -0.471 e. The maximum Gasteiger partial charge on any atom is 0.407 e. The van der Waals surface area contributed by atoms with Crippen molar-refractivity contribution in [1.82, 2.24) is 24.5 Å². The average molecular weight is 362 g/mol. The van der Waals surface area contributed by atoms with Gasteiger partial charge in [0.1, 0.15) is 18.3 Å². The van der Waals surface area contributed by atoms with Gasteiger partial charge in [-0.25, -0.2) is 28.8 Å². The molecule has 0 saturated carbocycles. The number of alkyl halides is 1. The number of hydrogen-bond donors (Lipinski definition) is 1. The van der Waals surface area contributed by atoms with Crippen LogP contribution in [0.1, 0.15) is 17.8 Å². The van der Waals surface area contributed by atoms with Crippen molar-refractivity contribution in [3.8, 4) is 5.88 Å². The lowest BCUT2D eigenvalue weighted by molar-refractivity contribution is 0.0222. The van der Waals surface area contributed by atoms with Crippen LogP contribution in [0.2, 0.25) is 0 Å². The molecule has 1 N–H and O–H groups in total. The molecule has 1 fully saturated rings. The van der Waals surface area contributed by atoms with Crippen LogP contribution in [0, 0.1) is 6.92 Å². The van der Waals surface area contributed by atoms with Crippen LogP contribution in [0.4, 0.5) is 15.0 Å². The molecule has 1 amide bonds. The van der Waals surface area contributed by atoms with Crippen LogP contribution >= 0.6 is 0 Å². The monoisotopic (exact) mass is 362 g/mol. The largest absolute Gasteiger partial charge is 0.471 e. The summed E-state index contributed by atoms with van der Waals surface area (Å²) in [5.74, 6) is 1.96. The molecule has 0 radical (unpaired) electrons. The Morgan fingerprint density at radius 1 is 1.35 bits per heavy atom. The molecule has 138 valence electrons. The number of likely N-dealkylation sites (tertiary alicyclic amines) is 1. The third-order valence-corrected chi connectivity index (χ3v) is 4.77. The van der Waals surface area contributed by atoms with Gasteiger partial charge >= 0.3 is 6.09 Å². The predicted octanol–water partition coefficient (Wildman–Crippen LogP) is 1.28. The van der Waals surface area contributed by atoms with Crippen molar-refractivity contribution in [2.24, 2.45) is 0 Å². The Hall–Kier alpha value is -2.91. The van der Waals surface area contributed by atoms with Gasteiger partial charge in [0.15, 0.2) is 12.0 Å². The lowest BCUT2D eigenvalue weighted by Gasteiger charge is -2.33. The fourth-order valence-corrected chi connectivity index (χ4v) is 3.39. The average Bonchev–Trinajstić information content (AvgIpc) is 3.22. The summed E-state index contributed by atoms with van der Waals surface area (Å²) < 4.78 is 22.1. The highest BCUT2D eigenvalue weighted by atomic mass is 19.1. The van der Waals surface area contributed by atoms with E-state index in [1.807, 2.05) is 22.8 Å². The molecule has 0 aromatic carbocycles. The molecule has 2 aliphatic heterocycles. The van der Waals surface area contributed by atoms with E-state index < -0.39 is 18.4 Å². The number of nitrogens with zero attached hydrogens (tertiary/aromatic N) is 6. The summed E-state index contributed by atoms with van der Waals surface area (Å²) in [7, 11) is 0. The maximum atomic E-state index is 14.3. The molecule has 9 nitrogen and oxygen atoms in total. The molecule has 0 spiro atoms. The number of carboxylic acid groups (broad SMARTS) is 1. The molecule has 10 heteroatoms. The van der Waals surface area contributed by atoms with Crippen molar-refractivity contribution in [3.05, 3.63) is 30.1 Å². The van der Waals surface area contributed by atoms with E-state index in [-0.39, 0.29) is 19.5 Å². The Balaban J connectivity index is 1.53. The number of amides is 1. The third kappa shape index (κ3) is 2.80. The first-order chi connectivity index (χ1) is 12.5. The third-order valence-electron chi connectivity index (χ3n) is 4.77. The van der Waals surface area contributed by atoms with Crippen LogP contribution in [0.25, 0.3) is 0 Å². The molecule has 0 unspecified atom stereocenters. The van der Waals surface area contributed by atoms with Crippen LogP contribution in [-0.2, 0) is 6.42 Å². The van der Waals surface area contributed by atoms with Crippen LogP contribution < -0.4 is 9.75 Å². The maximum absolute atomic E-state index is 14.3. The number of imidazole rings is 1. The minimum atomic E-state index is -1.40. The molecular formula is C16H19FN6O3. The van der Waals surface area contributed by atoms with Gasteiger partial charge in [-0.2, -0.15) is 0 Å². The lowest BCUT2D eigenvalue weighted by Crippen LogP contribution is -2.49. The Labute approximate surface area is 149 Å². The first-order valence-electron chi connectivity index (χ1n) is 8.45. The van der Waals surface area contributed by atoms with E-state index in [4.69, 9.17) is 9.84 Å². The molecule has 2 aliphatic rings. The summed E-state index contributed by atoms with van der Waals surface area (Å²) >= 11 is 0. The van der Waals surface area contributed by atoms with Crippen molar-refractivity contribution in [2.45, 2.75) is 32.0 Å². The van der Waals surface area contributed by atoms with Gasteiger partial charge < -0.3 is 14.7 Å². The van der Waals surface area contributed by atoms with Gasteiger partial charge in [-0.05, 0) is 6.92 Å². The van der Waals surface area contributed by atoms with Crippen molar-refractivity contribution in [3.63, 3.8) is 0 Å². The van der Waals surface area contributed by atoms with Crippen molar-refractivity contribution in [1.29, 1.82) is 0 Å². The van der Waals surface area contributed by atoms with E-state index in [0.717, 1.165) is 23.7 Å². The highest BCUT2D eigenvalue weighted by Gasteiger charge is 2.34. The topological polar surface area (TPSA) is 96.6 Å². The van der Waals surface area contributed by atoms with Gasteiger partial charge in [0.2, 0.25) is 5.88 Å². The Bertz CT molecular complexity index is 828. The van der Waals surface area contributed by atoms with E-state index >= 15 is 0 Å². The first-order valence-corrected chi connectivity index (χ1v) is 8.45. The molecule has 4 heterocycles. The zero-order chi connectivity index (χ0) is 18.3. The number of piperidine rings is 1. The smallest absolute Gasteiger partial charge is 0.407 e. The molecule has 2 atom stereocenters. The van der Waals surface area contributed by atoms with Gasteiger partial charge in [-0.15, -0.1) is 0 Å². The molecule has 26 heavy (non-hydrogen) atoms. The van der Waals surface area contributed by atoms with Gasteiger partial charge in [-0.1, -0.05) is 0 Å². The minimum absolute atomic E-state index is 0.193. The van der Waals surface area contributed by atoms with Gasteiger partial charge in [0.05, 0.1) is 12.1 Å². The molecule has 1 saturated heterocycles. The number of ether oxygens (including phenoxy) is 1. The van der Waals surface area contributed by atoms with E-state index in [2.05, 4.69) is 15.0 Å². The number of rotatable bonds is 3. The van der Waals surface area contributed by atoms with Crippen LogP contribution in [0.15, 0.2) is 18.7 Å². The van der Waals surface area contributed by atoms with E-state index in [1.54, 1.807) is 6.20 Å². The van der Waals surface area contributed by atoms with Gasteiger partial charge in [0.25, 0.3) is 0 Å². The number of halogens is 1. The number of aromatic nitrogens is 4. The predicted molar refractivity (Wildman–Crippen MR) is 89.0 cm³/mol. The Morgan fingerprint density at radius 2 is 2.19 bits per heavy atom. The summed E-state index contributed by atoms with van der Waals surface area (Å²) in [5, 5.41) is 11.0. The fourth-order valence-electron chi connectivity index (χ4n) is 3.39. The first kappa shape index (κ1) is 16.6. The number of anilines is 1. The van der Waals surface area contributed by atoms with Crippen molar-refractivity contribution >= 4 is 11.9 Å². The number of carbonyl (C=O) groups is 1. The number of fused-ring (bicyclic) bond motifs is 1. The van der Waals surface area contributed by atoms with Gasteiger partial charge in [0, 0.05) is 38.3 Å². The summed E-state index contributed by atoms with van der Waals surface area (Å²) in [6.07, 6.45) is 2.85. The second-order valence-corrected chi connectivity index (χ2v) is 6.38. The highest BCUT2D eigenvalue weighted by molar-refractivity contribution is 5.65. The summed E-state index contributed by atoms with van der Waals surface area (Å²) in [5.41, 5.74) is 0.710. The Morgan fingerprint density at radius 3 is 2.96 bits per heavy atom. The van der Waals surface area contributed by atoms with Crippen molar-refractivity contribution in [2.75, 3.05) is 24.6 Å². The second-order valence-electron chi connectivity index (χ2n) is 6.38. The summed E-state index contributed by atoms with van der Waals surface area (Å²) in [6.45, 7) is 2.62. The zero-order valence-corrected chi connectivity index (χ0v) is 14.2. The zero-order valence-electron chi connectivity index (χ0n) is 14.2. The standard InChI is InChI=1S/C16H19FN6O3/c1-10-14(23-6-3-13-18-4-7-22(13)23)19-9-20-15(10)26-12-2-5-21(16(24)25)8-11(12)17/h4,7,9,11-12H,2-3,5-6,8H2,1H3,(H,24,25)/t11-,12+/m0/s1. The normalized spacial score (nSPS) is 22.4.